The van der Waals surface area contributed by atoms with Gasteiger partial charge in [0.2, 0.25) is 11.9 Å². The molecule has 0 saturated heterocycles. The zero-order chi connectivity index (χ0) is 30.0. The molecule has 0 aromatic carbocycles. The first kappa shape index (κ1) is 35.2. The van der Waals surface area contributed by atoms with Crippen molar-refractivity contribution < 1.29 is 57.2 Å². The van der Waals surface area contributed by atoms with Crippen LogP contribution in [0, 0.1) is 0 Å². The van der Waals surface area contributed by atoms with Crippen LogP contribution in [0.2, 0.25) is 0 Å². The van der Waals surface area contributed by atoms with Crippen LogP contribution in [0.15, 0.2) is 0 Å². The van der Waals surface area contributed by atoms with E-state index < -0.39 is 66.4 Å². The number of ketones is 1. The van der Waals surface area contributed by atoms with E-state index in [2.05, 4.69) is 10.6 Å². The Morgan fingerprint density at radius 2 is 1.26 bits per heavy atom. The maximum atomic E-state index is 12.6. The summed E-state index contributed by atoms with van der Waals surface area (Å²) in [5.41, 5.74) is -0.959. The molecule has 2 N–H and O–H groups in total. The lowest BCUT2D eigenvalue weighted by Gasteiger charge is -2.27. The highest BCUT2D eigenvalue weighted by Gasteiger charge is 2.33. The van der Waals surface area contributed by atoms with Crippen LogP contribution in [0.3, 0.4) is 0 Å². The Morgan fingerprint density at radius 1 is 0.744 bits per heavy atom. The Labute approximate surface area is 227 Å². The van der Waals surface area contributed by atoms with Crippen molar-refractivity contribution in [1.82, 2.24) is 15.5 Å². The number of rotatable bonds is 17. The van der Waals surface area contributed by atoms with Crippen LogP contribution in [-0.2, 0) is 52.5 Å². The van der Waals surface area contributed by atoms with Crippen molar-refractivity contribution in [2.75, 3.05) is 52.6 Å². The van der Waals surface area contributed by atoms with Crippen LogP contribution < -0.4 is 10.6 Å². The summed E-state index contributed by atoms with van der Waals surface area (Å²) in [7, 11) is 0. The fourth-order valence-corrected chi connectivity index (χ4v) is 2.66. The number of nitrogens with one attached hydrogen (secondary N) is 2. The highest BCUT2D eigenvalue weighted by Crippen LogP contribution is 2.10. The number of nitrogens with zero attached hydrogens (tertiary/aromatic N) is 1. The molecule has 39 heavy (non-hydrogen) atoms. The second-order valence-corrected chi connectivity index (χ2v) is 8.76. The summed E-state index contributed by atoms with van der Waals surface area (Å²) in [5, 5.41) is 4.67. The molecule has 0 aliphatic rings. The molecule has 0 aromatic rings. The van der Waals surface area contributed by atoms with Gasteiger partial charge in [0.25, 0.3) is 0 Å². The lowest BCUT2D eigenvalue weighted by molar-refractivity contribution is -0.159. The fraction of sp³-hybridized carbons (Fsp3) is 0.708. The number of hydrogen-bond donors (Lipinski definition) is 2. The summed E-state index contributed by atoms with van der Waals surface area (Å²) < 4.78 is 24.4. The van der Waals surface area contributed by atoms with Crippen LogP contribution in [-0.4, -0.2) is 111 Å². The zero-order valence-electron chi connectivity index (χ0n) is 23.3. The van der Waals surface area contributed by atoms with Crippen LogP contribution in [0.4, 0.5) is 4.79 Å². The predicted octanol–water partition coefficient (Wildman–Crippen LogP) is -0.510. The maximum absolute atomic E-state index is 12.6. The quantitative estimate of drug-likeness (QED) is 0.131. The van der Waals surface area contributed by atoms with Gasteiger partial charge in [0, 0.05) is 6.42 Å². The summed E-state index contributed by atoms with van der Waals surface area (Å²) in [6.45, 7) is 7.35. The molecule has 0 bridgehead atoms. The first-order chi connectivity index (χ1) is 18.2. The predicted molar refractivity (Wildman–Crippen MR) is 133 cm³/mol. The molecule has 0 aromatic heterocycles. The Hall–Kier alpha value is -3.75. The van der Waals surface area contributed by atoms with Gasteiger partial charge in [0.15, 0.2) is 5.78 Å². The molecule has 0 saturated carbocycles. The summed E-state index contributed by atoms with van der Waals surface area (Å²) in [5.74, 6) is -4.90. The van der Waals surface area contributed by atoms with Crippen LogP contribution in [0.1, 0.15) is 48.0 Å². The van der Waals surface area contributed by atoms with E-state index in [0.29, 0.717) is 0 Å². The first-order valence-corrected chi connectivity index (χ1v) is 12.4. The third-order valence-corrected chi connectivity index (χ3v) is 4.19. The van der Waals surface area contributed by atoms with Gasteiger partial charge < -0.3 is 29.0 Å². The third-order valence-electron chi connectivity index (χ3n) is 4.19. The number of hydrogen-bond acceptors (Lipinski definition) is 13. The lowest BCUT2D eigenvalue weighted by atomic mass is 10.2. The second kappa shape index (κ2) is 18.5. The van der Waals surface area contributed by atoms with Crippen molar-refractivity contribution in [1.29, 1.82) is 0 Å². The molecule has 0 radical (unpaired) electrons. The smallest absolute Gasteiger partial charge is 0.411 e. The van der Waals surface area contributed by atoms with Crippen LogP contribution in [0.25, 0.3) is 0 Å². The van der Waals surface area contributed by atoms with Gasteiger partial charge in [0.05, 0.1) is 46.1 Å². The van der Waals surface area contributed by atoms with Crippen molar-refractivity contribution in [3.63, 3.8) is 0 Å². The molecule has 0 heterocycles. The molecule has 0 aliphatic carbocycles. The van der Waals surface area contributed by atoms with E-state index in [-0.39, 0.29) is 45.9 Å². The van der Waals surface area contributed by atoms with Crippen molar-refractivity contribution in [2.24, 2.45) is 0 Å². The van der Waals surface area contributed by atoms with Crippen molar-refractivity contribution in [3.8, 4) is 0 Å². The molecular weight excluding hydrogens is 522 g/mol. The Balaban J connectivity index is 5.12. The number of esters is 4. The van der Waals surface area contributed by atoms with Crippen LogP contribution >= 0.6 is 0 Å². The number of carbonyl (C=O) groups is 7. The molecule has 15 heteroatoms. The van der Waals surface area contributed by atoms with E-state index in [1.54, 1.807) is 27.7 Å². The van der Waals surface area contributed by atoms with Crippen LogP contribution in [0.5, 0.6) is 0 Å². The van der Waals surface area contributed by atoms with Gasteiger partial charge in [0.1, 0.15) is 12.1 Å². The van der Waals surface area contributed by atoms with E-state index in [1.807, 2.05) is 0 Å². The highest BCUT2D eigenvalue weighted by molar-refractivity contribution is 6.03. The standard InChI is InChI=1S/C24H39N3O12/c1-7-35-18(30)12-25-13-19(31)38-11-10-16(28)14-27(23(34)39-24(4,5)6)15-17(29)26-20(21(32)36-8-2)22(33)37-9-3/h20,25H,7-15H2,1-6H3,(H,26,29). The summed E-state index contributed by atoms with van der Waals surface area (Å²) >= 11 is 0. The molecular formula is C24H39N3O12. The van der Waals surface area contributed by atoms with Gasteiger partial charge in [-0.2, -0.15) is 0 Å². The van der Waals surface area contributed by atoms with E-state index >= 15 is 0 Å². The largest absolute Gasteiger partial charge is 0.465 e. The van der Waals surface area contributed by atoms with Gasteiger partial charge in [-0.25, -0.2) is 14.4 Å². The van der Waals surface area contributed by atoms with E-state index in [0.717, 1.165) is 4.90 Å². The Kier molecular flexibility index (Phi) is 16.7. The summed E-state index contributed by atoms with van der Waals surface area (Å²) in [6, 6.07) is -1.77. The van der Waals surface area contributed by atoms with Gasteiger partial charge in [-0.1, -0.05) is 0 Å². The number of carbonyl (C=O) groups excluding carboxylic acids is 7. The molecule has 0 spiro atoms. The first-order valence-electron chi connectivity index (χ1n) is 12.4. The van der Waals surface area contributed by atoms with Crippen molar-refractivity contribution >= 4 is 41.7 Å². The van der Waals surface area contributed by atoms with E-state index in [4.69, 9.17) is 23.7 Å². The summed E-state index contributed by atoms with van der Waals surface area (Å²) in [4.78, 5) is 85.7. The average molecular weight is 562 g/mol. The molecule has 15 nitrogen and oxygen atoms in total. The second-order valence-electron chi connectivity index (χ2n) is 8.76. The van der Waals surface area contributed by atoms with Gasteiger partial charge >= 0.3 is 30.0 Å². The molecule has 222 valence electrons. The van der Waals surface area contributed by atoms with Crippen molar-refractivity contribution in [2.45, 2.75) is 59.6 Å². The molecule has 0 rings (SSSR count). The minimum Gasteiger partial charge on any atom is -0.465 e. The average Bonchev–Trinajstić information content (AvgIpc) is 2.81. The van der Waals surface area contributed by atoms with E-state index in [9.17, 15) is 33.6 Å². The minimum atomic E-state index is -1.77. The summed E-state index contributed by atoms with van der Waals surface area (Å²) in [6.07, 6.45) is -1.30. The molecule has 0 aliphatic heterocycles. The van der Waals surface area contributed by atoms with Crippen molar-refractivity contribution in [3.05, 3.63) is 0 Å². The Morgan fingerprint density at radius 3 is 1.74 bits per heavy atom. The van der Waals surface area contributed by atoms with Gasteiger partial charge in [-0.05, 0) is 41.5 Å². The molecule has 2 amide bonds. The Bertz CT molecular complexity index is 851. The third kappa shape index (κ3) is 16.7. The molecule has 0 unspecified atom stereocenters. The SMILES string of the molecule is CCOC(=O)CNCC(=O)OCCC(=O)CN(CC(=O)NC(C(=O)OCC)C(=O)OCC)C(=O)OC(C)(C)C. The molecule has 0 atom stereocenters. The zero-order valence-corrected chi connectivity index (χ0v) is 23.3. The number of amides is 2. The number of Topliss-reactive ketones (excluding diaryl/α,β-unsaturated/α-hetero) is 1. The monoisotopic (exact) mass is 561 g/mol. The minimum absolute atomic E-state index is 0.0603. The highest BCUT2D eigenvalue weighted by atomic mass is 16.6. The normalized spacial score (nSPS) is 10.7. The van der Waals surface area contributed by atoms with Gasteiger partial charge in [-0.15, -0.1) is 0 Å². The topological polar surface area (TPSA) is 193 Å². The number of ether oxygens (including phenoxy) is 5. The molecule has 0 fully saturated rings. The van der Waals surface area contributed by atoms with E-state index in [1.165, 1.54) is 13.8 Å². The fourth-order valence-electron chi connectivity index (χ4n) is 2.66. The van der Waals surface area contributed by atoms with Gasteiger partial charge in [-0.3, -0.25) is 29.4 Å². The lowest BCUT2D eigenvalue weighted by Crippen LogP contribution is -2.52. The maximum Gasteiger partial charge on any atom is 0.411 e.